The van der Waals surface area contributed by atoms with Gasteiger partial charge in [0.25, 0.3) is 0 Å². The summed E-state index contributed by atoms with van der Waals surface area (Å²) in [4.78, 5) is 9.02. The predicted molar refractivity (Wildman–Crippen MR) is 124 cm³/mol. The number of benzene rings is 2. The van der Waals surface area contributed by atoms with Crippen molar-refractivity contribution in [3.8, 4) is 0 Å². The van der Waals surface area contributed by atoms with Crippen LogP contribution in [-0.4, -0.2) is 25.4 Å². The van der Waals surface area contributed by atoms with E-state index in [0.717, 1.165) is 29.5 Å². The van der Waals surface area contributed by atoms with Gasteiger partial charge in [0.05, 0.1) is 28.4 Å². The lowest BCUT2D eigenvalue weighted by molar-refractivity contribution is 0.441. The molecule has 152 valence electrons. The SMILES string of the molecule is CSC(C)c1ccc2ncn(CCC(C)(C)c3ccc4nc(N)n(C)c4c3)c2c1. The Balaban J connectivity index is 1.60. The lowest BCUT2D eigenvalue weighted by Gasteiger charge is -2.26. The Morgan fingerprint density at radius 3 is 2.62 bits per heavy atom. The fourth-order valence-corrected chi connectivity index (χ4v) is 4.23. The van der Waals surface area contributed by atoms with Crippen LogP contribution in [0.15, 0.2) is 42.7 Å². The van der Waals surface area contributed by atoms with Crippen LogP contribution in [0.2, 0.25) is 0 Å². The van der Waals surface area contributed by atoms with Gasteiger partial charge >= 0.3 is 0 Å². The average molecular weight is 408 g/mol. The van der Waals surface area contributed by atoms with E-state index in [4.69, 9.17) is 5.73 Å². The van der Waals surface area contributed by atoms with E-state index >= 15 is 0 Å². The van der Waals surface area contributed by atoms with Crippen molar-refractivity contribution in [3.63, 3.8) is 0 Å². The van der Waals surface area contributed by atoms with Crippen molar-refractivity contribution in [2.24, 2.45) is 7.05 Å². The second kappa shape index (κ2) is 7.41. The first-order valence-corrected chi connectivity index (χ1v) is 11.3. The molecule has 2 aromatic heterocycles. The molecule has 0 bridgehead atoms. The molecule has 1 unspecified atom stereocenters. The number of thioether (sulfide) groups is 1. The number of anilines is 1. The van der Waals surface area contributed by atoms with Gasteiger partial charge in [-0.25, -0.2) is 9.97 Å². The maximum absolute atomic E-state index is 5.97. The zero-order chi connectivity index (χ0) is 20.8. The molecule has 1 atom stereocenters. The lowest BCUT2D eigenvalue weighted by atomic mass is 9.81. The van der Waals surface area contributed by atoms with Crippen LogP contribution in [0.1, 0.15) is 43.6 Å². The molecular weight excluding hydrogens is 378 g/mol. The molecule has 2 aromatic carbocycles. The van der Waals surface area contributed by atoms with Crippen molar-refractivity contribution < 1.29 is 0 Å². The topological polar surface area (TPSA) is 61.7 Å². The predicted octanol–water partition coefficient (Wildman–Crippen LogP) is 5.30. The Labute approximate surface area is 176 Å². The molecule has 0 saturated heterocycles. The summed E-state index contributed by atoms with van der Waals surface area (Å²) in [7, 11) is 1.96. The number of hydrogen-bond acceptors (Lipinski definition) is 4. The van der Waals surface area contributed by atoms with E-state index in [-0.39, 0.29) is 5.41 Å². The zero-order valence-corrected chi connectivity index (χ0v) is 18.6. The van der Waals surface area contributed by atoms with Gasteiger partial charge in [-0.1, -0.05) is 26.0 Å². The molecule has 29 heavy (non-hydrogen) atoms. The van der Waals surface area contributed by atoms with Crippen LogP contribution in [0.5, 0.6) is 0 Å². The smallest absolute Gasteiger partial charge is 0.200 e. The highest BCUT2D eigenvalue weighted by molar-refractivity contribution is 7.98. The van der Waals surface area contributed by atoms with E-state index in [1.54, 1.807) is 0 Å². The summed E-state index contributed by atoms with van der Waals surface area (Å²) < 4.78 is 4.24. The maximum Gasteiger partial charge on any atom is 0.200 e. The van der Waals surface area contributed by atoms with Crippen LogP contribution in [0.25, 0.3) is 22.1 Å². The van der Waals surface area contributed by atoms with Crippen molar-refractivity contribution in [1.29, 1.82) is 0 Å². The third-order valence-electron chi connectivity index (χ3n) is 6.14. The first-order valence-electron chi connectivity index (χ1n) is 10.00. The van der Waals surface area contributed by atoms with Gasteiger partial charge in [0.1, 0.15) is 0 Å². The van der Waals surface area contributed by atoms with Crippen molar-refractivity contribution in [3.05, 3.63) is 53.9 Å². The van der Waals surface area contributed by atoms with E-state index in [2.05, 4.69) is 78.0 Å². The highest BCUT2D eigenvalue weighted by atomic mass is 32.2. The first kappa shape index (κ1) is 19.8. The molecule has 2 heterocycles. The van der Waals surface area contributed by atoms with E-state index in [9.17, 15) is 0 Å². The summed E-state index contributed by atoms with van der Waals surface area (Å²) in [5.41, 5.74) is 12.9. The molecule has 0 amide bonds. The first-order chi connectivity index (χ1) is 13.8. The number of hydrogen-bond donors (Lipinski definition) is 1. The van der Waals surface area contributed by atoms with Crippen molar-refractivity contribution >= 4 is 39.8 Å². The Morgan fingerprint density at radius 2 is 1.86 bits per heavy atom. The van der Waals surface area contributed by atoms with Crippen molar-refractivity contribution in [2.75, 3.05) is 12.0 Å². The summed E-state index contributed by atoms with van der Waals surface area (Å²) in [5.74, 6) is 0.551. The minimum absolute atomic E-state index is 0.0218. The van der Waals surface area contributed by atoms with Crippen LogP contribution in [-0.2, 0) is 19.0 Å². The molecule has 0 saturated carbocycles. The second-order valence-corrected chi connectivity index (χ2v) is 9.61. The molecule has 5 nitrogen and oxygen atoms in total. The number of fused-ring (bicyclic) bond motifs is 2. The Kier molecular flexibility index (Phi) is 5.07. The fraction of sp³-hybridized carbons (Fsp3) is 0.391. The van der Waals surface area contributed by atoms with Crippen LogP contribution in [0, 0.1) is 0 Å². The van der Waals surface area contributed by atoms with E-state index < -0.39 is 0 Å². The molecule has 4 aromatic rings. The summed E-state index contributed by atoms with van der Waals surface area (Å²) in [5, 5.41) is 0.484. The molecule has 0 fully saturated rings. The normalized spacial score (nSPS) is 13.4. The van der Waals surface area contributed by atoms with Crippen LogP contribution < -0.4 is 5.73 Å². The summed E-state index contributed by atoms with van der Waals surface area (Å²) in [6, 6.07) is 13.1. The van der Waals surface area contributed by atoms with Gasteiger partial charge in [-0.15, -0.1) is 0 Å². The third kappa shape index (κ3) is 3.62. The van der Waals surface area contributed by atoms with Crippen LogP contribution >= 0.6 is 11.8 Å². The van der Waals surface area contributed by atoms with Gasteiger partial charge in [-0.05, 0) is 60.4 Å². The molecule has 6 heteroatoms. The molecule has 4 rings (SSSR count). The minimum Gasteiger partial charge on any atom is -0.369 e. The highest BCUT2D eigenvalue weighted by Crippen LogP contribution is 2.32. The molecule has 0 radical (unpaired) electrons. The molecule has 2 N–H and O–H groups in total. The van der Waals surface area contributed by atoms with Gasteiger partial charge in [-0.3, -0.25) is 0 Å². The Bertz CT molecular complexity index is 1170. The van der Waals surface area contributed by atoms with Gasteiger partial charge in [0, 0.05) is 18.8 Å². The Morgan fingerprint density at radius 1 is 1.10 bits per heavy atom. The number of imidazole rings is 2. The van der Waals surface area contributed by atoms with E-state index in [1.807, 2.05) is 29.7 Å². The lowest BCUT2D eigenvalue weighted by Crippen LogP contribution is -2.19. The summed E-state index contributed by atoms with van der Waals surface area (Å²) >= 11 is 1.87. The Hall–Kier alpha value is -2.47. The number of nitrogens with zero attached hydrogens (tertiary/aromatic N) is 4. The van der Waals surface area contributed by atoms with Gasteiger partial charge in [0.15, 0.2) is 0 Å². The number of nitrogen functional groups attached to an aromatic ring is 1. The standard InChI is InChI=1S/C23H29N5S/c1-15(29-5)16-6-8-18-21(12-16)28(14-25-18)11-10-23(2,3)17-7-9-19-20(13-17)27(4)22(24)26-19/h6-9,12-15H,10-11H2,1-5H3,(H2,24,26). The van der Waals surface area contributed by atoms with Crippen LogP contribution in [0.4, 0.5) is 5.95 Å². The number of nitrogens with two attached hydrogens (primary N) is 1. The number of aryl methyl sites for hydroxylation is 2. The summed E-state index contributed by atoms with van der Waals surface area (Å²) in [6.07, 6.45) is 5.14. The van der Waals surface area contributed by atoms with E-state index in [0.29, 0.717) is 11.2 Å². The molecular formula is C23H29N5S. The van der Waals surface area contributed by atoms with Crippen molar-refractivity contribution in [2.45, 2.75) is 44.4 Å². The molecule has 0 aliphatic heterocycles. The number of rotatable bonds is 6. The van der Waals surface area contributed by atoms with Crippen LogP contribution in [0.3, 0.4) is 0 Å². The quantitative estimate of drug-likeness (QED) is 0.471. The highest BCUT2D eigenvalue weighted by Gasteiger charge is 2.22. The fourth-order valence-electron chi connectivity index (χ4n) is 3.81. The summed E-state index contributed by atoms with van der Waals surface area (Å²) in [6.45, 7) is 7.77. The van der Waals surface area contributed by atoms with Gasteiger partial charge in [0.2, 0.25) is 5.95 Å². The van der Waals surface area contributed by atoms with E-state index in [1.165, 1.54) is 16.6 Å². The van der Waals surface area contributed by atoms with Gasteiger partial charge in [-0.2, -0.15) is 11.8 Å². The van der Waals surface area contributed by atoms with Gasteiger partial charge < -0.3 is 14.9 Å². The average Bonchev–Trinajstić information content (AvgIpc) is 3.25. The van der Waals surface area contributed by atoms with Crippen molar-refractivity contribution in [1.82, 2.24) is 19.1 Å². The third-order valence-corrected chi connectivity index (χ3v) is 7.12. The molecule has 0 aliphatic carbocycles. The largest absolute Gasteiger partial charge is 0.369 e. The molecule has 0 aliphatic rings. The zero-order valence-electron chi connectivity index (χ0n) is 17.8. The minimum atomic E-state index is 0.0218. The molecule has 0 spiro atoms. The monoisotopic (exact) mass is 407 g/mol. The second-order valence-electron chi connectivity index (χ2n) is 8.43. The maximum atomic E-state index is 5.97. The number of aromatic nitrogens is 4.